The number of fused-ring (bicyclic) bond motifs is 1. The summed E-state index contributed by atoms with van der Waals surface area (Å²) < 4.78 is 17.5. The van der Waals surface area contributed by atoms with Crippen LogP contribution in [-0.2, 0) is 22.6 Å². The van der Waals surface area contributed by atoms with Crippen molar-refractivity contribution in [1.29, 1.82) is 0 Å². The summed E-state index contributed by atoms with van der Waals surface area (Å²) in [7, 11) is 0. The van der Waals surface area contributed by atoms with Gasteiger partial charge in [0.05, 0.1) is 37.5 Å². The molecule has 2 aromatic rings. The molecule has 2 aliphatic heterocycles. The molecule has 4 rings (SSSR count). The predicted octanol–water partition coefficient (Wildman–Crippen LogP) is 3.26. The summed E-state index contributed by atoms with van der Waals surface area (Å²) in [6.07, 6.45) is 9.07. The average Bonchev–Trinajstić information content (AvgIpc) is 3.15. The van der Waals surface area contributed by atoms with Gasteiger partial charge in [-0.2, -0.15) is 0 Å². The summed E-state index contributed by atoms with van der Waals surface area (Å²) in [4.78, 5) is 6.86. The second-order valence-corrected chi connectivity index (χ2v) is 7.27. The largest absolute Gasteiger partial charge is 0.472 e. The number of pyridine rings is 1. The van der Waals surface area contributed by atoms with Crippen molar-refractivity contribution < 1.29 is 13.9 Å². The summed E-state index contributed by atoms with van der Waals surface area (Å²) in [5, 5.41) is 0. The van der Waals surface area contributed by atoms with Gasteiger partial charge in [-0.25, -0.2) is 0 Å². The molecule has 0 radical (unpaired) electrons. The number of hydrogen-bond donors (Lipinski definition) is 0. The van der Waals surface area contributed by atoms with E-state index in [-0.39, 0.29) is 5.41 Å². The van der Waals surface area contributed by atoms with Crippen molar-refractivity contribution in [3.05, 3.63) is 54.2 Å². The lowest BCUT2D eigenvalue weighted by Gasteiger charge is -2.50. The molecule has 5 heteroatoms. The van der Waals surface area contributed by atoms with Gasteiger partial charge in [0.1, 0.15) is 0 Å². The Morgan fingerprint density at radius 1 is 1.32 bits per heavy atom. The fourth-order valence-electron chi connectivity index (χ4n) is 4.21. The lowest BCUT2D eigenvalue weighted by atomic mass is 9.73. The first-order valence-electron chi connectivity index (χ1n) is 9.17. The Morgan fingerprint density at radius 3 is 3.16 bits per heavy atom. The van der Waals surface area contributed by atoms with Gasteiger partial charge in [-0.3, -0.25) is 9.88 Å². The van der Waals surface area contributed by atoms with Crippen LogP contribution in [0.5, 0.6) is 0 Å². The number of likely N-dealkylation sites (tertiary alicyclic amines) is 1. The first kappa shape index (κ1) is 16.8. The van der Waals surface area contributed by atoms with Gasteiger partial charge in [0.2, 0.25) is 0 Å². The molecule has 0 aliphatic carbocycles. The van der Waals surface area contributed by atoms with Crippen LogP contribution in [-0.4, -0.2) is 42.3 Å². The Kier molecular flexibility index (Phi) is 5.15. The van der Waals surface area contributed by atoms with Crippen LogP contribution in [0.4, 0.5) is 0 Å². The van der Waals surface area contributed by atoms with Crippen LogP contribution in [0.25, 0.3) is 0 Å². The standard InChI is InChI=1S/C20H26N2O3/c1-2-8-21-18(4-1)14-24-16-20-7-3-10-25-19(20)5-9-22(15-20)12-17-6-11-23-13-17/h1-2,4,6,8,11,13,19H,3,5,7,9-10,12,14-16H2/t19-,20+/m1/s1. The molecule has 2 aromatic heterocycles. The van der Waals surface area contributed by atoms with Crippen molar-refractivity contribution in [2.75, 3.05) is 26.3 Å². The first-order valence-corrected chi connectivity index (χ1v) is 9.17. The molecule has 4 heterocycles. The van der Waals surface area contributed by atoms with Gasteiger partial charge < -0.3 is 13.9 Å². The van der Waals surface area contributed by atoms with Gasteiger partial charge in [-0.15, -0.1) is 0 Å². The number of piperidine rings is 1. The summed E-state index contributed by atoms with van der Waals surface area (Å²) in [5.41, 5.74) is 2.31. The molecular weight excluding hydrogens is 316 g/mol. The van der Waals surface area contributed by atoms with Crippen LogP contribution in [0, 0.1) is 5.41 Å². The summed E-state index contributed by atoms with van der Waals surface area (Å²) in [6, 6.07) is 8.00. The zero-order valence-electron chi connectivity index (χ0n) is 14.6. The molecule has 0 bridgehead atoms. The maximum absolute atomic E-state index is 6.13. The third-order valence-corrected chi connectivity index (χ3v) is 5.42. The summed E-state index contributed by atoms with van der Waals surface area (Å²) >= 11 is 0. The van der Waals surface area contributed by atoms with E-state index in [1.807, 2.05) is 36.7 Å². The fraction of sp³-hybridized carbons (Fsp3) is 0.550. The number of rotatable bonds is 6. The van der Waals surface area contributed by atoms with E-state index in [4.69, 9.17) is 13.9 Å². The van der Waals surface area contributed by atoms with Crippen LogP contribution >= 0.6 is 0 Å². The van der Waals surface area contributed by atoms with Crippen LogP contribution in [0.2, 0.25) is 0 Å². The molecule has 5 nitrogen and oxygen atoms in total. The van der Waals surface area contributed by atoms with E-state index in [2.05, 4.69) is 9.88 Å². The van der Waals surface area contributed by atoms with Crippen LogP contribution < -0.4 is 0 Å². The second-order valence-electron chi connectivity index (χ2n) is 7.27. The number of ether oxygens (including phenoxy) is 2. The number of hydrogen-bond acceptors (Lipinski definition) is 5. The monoisotopic (exact) mass is 342 g/mol. The van der Waals surface area contributed by atoms with E-state index in [0.717, 1.165) is 51.4 Å². The van der Waals surface area contributed by atoms with Gasteiger partial charge in [0.25, 0.3) is 0 Å². The molecule has 134 valence electrons. The highest BCUT2D eigenvalue weighted by Crippen LogP contribution is 2.41. The molecule has 0 aromatic carbocycles. The van der Waals surface area contributed by atoms with E-state index in [1.165, 1.54) is 12.0 Å². The molecule has 2 saturated heterocycles. The van der Waals surface area contributed by atoms with Gasteiger partial charge in [-0.1, -0.05) is 6.07 Å². The van der Waals surface area contributed by atoms with Crippen LogP contribution in [0.3, 0.4) is 0 Å². The molecule has 0 unspecified atom stereocenters. The van der Waals surface area contributed by atoms with E-state index in [9.17, 15) is 0 Å². The number of furan rings is 1. The minimum atomic E-state index is 0.0923. The lowest BCUT2D eigenvalue weighted by Crippen LogP contribution is -2.56. The SMILES string of the molecule is c1ccc(COC[C@@]23CCCO[C@@H]2CCN(Cc2ccoc2)C3)nc1. The van der Waals surface area contributed by atoms with E-state index >= 15 is 0 Å². The Bertz CT molecular complexity index is 646. The van der Waals surface area contributed by atoms with E-state index < -0.39 is 0 Å². The number of nitrogens with zero attached hydrogens (tertiary/aromatic N) is 2. The highest BCUT2D eigenvalue weighted by molar-refractivity contribution is 5.07. The average molecular weight is 342 g/mol. The Hall–Kier alpha value is -1.69. The third-order valence-electron chi connectivity index (χ3n) is 5.42. The van der Waals surface area contributed by atoms with Crippen molar-refractivity contribution in [3.63, 3.8) is 0 Å². The molecule has 0 N–H and O–H groups in total. The molecular formula is C20H26N2O3. The van der Waals surface area contributed by atoms with Crippen molar-refractivity contribution in [3.8, 4) is 0 Å². The van der Waals surface area contributed by atoms with Crippen LogP contribution in [0.15, 0.2) is 47.4 Å². The lowest BCUT2D eigenvalue weighted by molar-refractivity contribution is -0.156. The normalized spacial score (nSPS) is 27.1. The third kappa shape index (κ3) is 3.94. The maximum atomic E-state index is 6.13. The Morgan fingerprint density at radius 2 is 2.32 bits per heavy atom. The Labute approximate surface area is 148 Å². The molecule has 2 aliphatic rings. The number of aromatic nitrogens is 1. The Balaban J connectivity index is 1.40. The summed E-state index contributed by atoms with van der Waals surface area (Å²) in [6.45, 7) is 5.20. The minimum absolute atomic E-state index is 0.0923. The molecule has 0 amide bonds. The van der Waals surface area contributed by atoms with Gasteiger partial charge in [0, 0.05) is 43.4 Å². The molecule has 2 atom stereocenters. The first-order chi connectivity index (χ1) is 12.3. The molecule has 0 saturated carbocycles. The quantitative estimate of drug-likeness (QED) is 0.806. The molecule has 2 fully saturated rings. The second kappa shape index (κ2) is 7.68. The van der Waals surface area contributed by atoms with Crippen molar-refractivity contribution in [1.82, 2.24) is 9.88 Å². The van der Waals surface area contributed by atoms with Crippen molar-refractivity contribution >= 4 is 0 Å². The van der Waals surface area contributed by atoms with Gasteiger partial charge >= 0.3 is 0 Å². The van der Waals surface area contributed by atoms with E-state index in [1.54, 1.807) is 6.26 Å². The summed E-state index contributed by atoms with van der Waals surface area (Å²) in [5.74, 6) is 0. The molecule has 0 spiro atoms. The van der Waals surface area contributed by atoms with Crippen molar-refractivity contribution in [2.45, 2.75) is 38.5 Å². The zero-order valence-corrected chi connectivity index (χ0v) is 14.6. The van der Waals surface area contributed by atoms with Crippen LogP contribution in [0.1, 0.15) is 30.5 Å². The van der Waals surface area contributed by atoms with Crippen molar-refractivity contribution in [2.24, 2.45) is 5.41 Å². The van der Waals surface area contributed by atoms with E-state index in [0.29, 0.717) is 12.7 Å². The fourth-order valence-corrected chi connectivity index (χ4v) is 4.21. The highest BCUT2D eigenvalue weighted by Gasteiger charge is 2.46. The van der Waals surface area contributed by atoms with Gasteiger partial charge in [0.15, 0.2) is 0 Å². The highest BCUT2D eigenvalue weighted by atomic mass is 16.5. The van der Waals surface area contributed by atoms with Gasteiger partial charge in [-0.05, 0) is 37.5 Å². The zero-order chi connectivity index (χ0) is 17.0. The predicted molar refractivity (Wildman–Crippen MR) is 93.9 cm³/mol. The topological polar surface area (TPSA) is 47.7 Å². The maximum Gasteiger partial charge on any atom is 0.0947 e. The minimum Gasteiger partial charge on any atom is -0.472 e. The molecule has 25 heavy (non-hydrogen) atoms. The smallest absolute Gasteiger partial charge is 0.0947 e.